The number of rotatable bonds is 20. The Morgan fingerprint density at radius 3 is 1.77 bits per heavy atom. The molecule has 0 amide bonds. The van der Waals surface area contributed by atoms with Crippen molar-refractivity contribution >= 4 is 17.9 Å². The normalized spacial score (nSPS) is 12.1. The van der Waals surface area contributed by atoms with Gasteiger partial charge in [-0.1, -0.05) is 115 Å². The minimum absolute atomic E-state index is 0.470. The van der Waals surface area contributed by atoms with Crippen molar-refractivity contribution < 1.29 is 9.53 Å². The van der Waals surface area contributed by atoms with Gasteiger partial charge in [-0.05, 0) is 37.0 Å². The SMILES string of the molecule is CCCCCCCCCCC(CCCCCCCC)COc1ccc(C=O)c(Cl)c1. The molecule has 0 aliphatic carbocycles. The van der Waals surface area contributed by atoms with Crippen molar-refractivity contribution in [2.75, 3.05) is 6.61 Å². The van der Waals surface area contributed by atoms with Crippen molar-refractivity contribution in [2.24, 2.45) is 5.92 Å². The molecule has 30 heavy (non-hydrogen) atoms. The molecule has 0 saturated heterocycles. The number of aldehydes is 1. The lowest BCUT2D eigenvalue weighted by atomic mass is 9.94. The third-order valence-electron chi connectivity index (χ3n) is 6.02. The van der Waals surface area contributed by atoms with Crippen molar-refractivity contribution in [1.29, 1.82) is 0 Å². The number of carbonyl (C=O) groups is 1. The monoisotopic (exact) mass is 436 g/mol. The molecule has 172 valence electrons. The fourth-order valence-electron chi connectivity index (χ4n) is 4.00. The number of halogens is 1. The molecule has 1 rings (SSSR count). The van der Waals surface area contributed by atoms with Crippen LogP contribution in [0.5, 0.6) is 5.75 Å². The number of benzene rings is 1. The van der Waals surface area contributed by atoms with Crippen molar-refractivity contribution in [3.63, 3.8) is 0 Å². The maximum atomic E-state index is 10.9. The molecular formula is C27H45ClO2. The van der Waals surface area contributed by atoms with Gasteiger partial charge >= 0.3 is 0 Å². The summed E-state index contributed by atoms with van der Waals surface area (Å²) in [5, 5.41) is 0.470. The van der Waals surface area contributed by atoms with E-state index in [1.165, 1.54) is 103 Å². The quantitative estimate of drug-likeness (QED) is 0.150. The van der Waals surface area contributed by atoms with Gasteiger partial charge in [0.2, 0.25) is 0 Å². The van der Waals surface area contributed by atoms with Gasteiger partial charge in [-0.15, -0.1) is 0 Å². The Hall–Kier alpha value is -1.02. The van der Waals surface area contributed by atoms with Crippen LogP contribution in [0.2, 0.25) is 5.02 Å². The van der Waals surface area contributed by atoms with Gasteiger partial charge in [0.25, 0.3) is 0 Å². The standard InChI is InChI=1S/C27H45ClO2/c1-3-5-7-9-11-12-14-16-18-24(17-15-13-10-8-6-4-2)23-30-26-20-19-25(22-29)27(28)21-26/h19-22,24H,3-18,23H2,1-2H3. The third-order valence-corrected chi connectivity index (χ3v) is 6.34. The maximum absolute atomic E-state index is 10.9. The second-order valence-corrected chi connectivity index (χ2v) is 9.21. The van der Waals surface area contributed by atoms with Crippen LogP contribution in [0, 0.1) is 5.92 Å². The first kappa shape index (κ1) is 27.0. The molecule has 0 fully saturated rings. The van der Waals surface area contributed by atoms with E-state index in [0.717, 1.165) is 18.6 Å². The van der Waals surface area contributed by atoms with Crippen LogP contribution in [-0.4, -0.2) is 12.9 Å². The number of carbonyl (C=O) groups excluding carboxylic acids is 1. The molecule has 0 aliphatic rings. The van der Waals surface area contributed by atoms with E-state index in [2.05, 4.69) is 13.8 Å². The molecule has 1 unspecified atom stereocenters. The summed E-state index contributed by atoms with van der Waals surface area (Å²) in [5.41, 5.74) is 0.520. The highest BCUT2D eigenvalue weighted by Crippen LogP contribution is 2.24. The van der Waals surface area contributed by atoms with E-state index >= 15 is 0 Å². The lowest BCUT2D eigenvalue weighted by Gasteiger charge is -2.18. The maximum Gasteiger partial charge on any atom is 0.151 e. The zero-order valence-corrected chi connectivity index (χ0v) is 20.4. The first-order chi connectivity index (χ1) is 14.7. The first-order valence-corrected chi connectivity index (χ1v) is 13.0. The molecule has 0 saturated carbocycles. The number of unbranched alkanes of at least 4 members (excludes halogenated alkanes) is 12. The van der Waals surface area contributed by atoms with Gasteiger partial charge in [0, 0.05) is 5.56 Å². The van der Waals surface area contributed by atoms with Crippen LogP contribution < -0.4 is 4.74 Å². The molecule has 1 atom stereocenters. The first-order valence-electron chi connectivity index (χ1n) is 12.6. The largest absolute Gasteiger partial charge is 0.493 e. The number of ether oxygens (including phenoxy) is 1. The molecule has 3 heteroatoms. The summed E-state index contributed by atoms with van der Waals surface area (Å²) in [4.78, 5) is 10.9. The van der Waals surface area contributed by atoms with E-state index in [9.17, 15) is 4.79 Å². The zero-order valence-electron chi connectivity index (χ0n) is 19.6. The lowest BCUT2D eigenvalue weighted by molar-refractivity contribution is 0.112. The molecule has 1 aromatic rings. The van der Waals surface area contributed by atoms with E-state index in [4.69, 9.17) is 16.3 Å². The number of hydrogen-bond acceptors (Lipinski definition) is 2. The molecule has 0 heterocycles. The lowest BCUT2D eigenvalue weighted by Crippen LogP contribution is -2.12. The highest BCUT2D eigenvalue weighted by molar-refractivity contribution is 6.33. The van der Waals surface area contributed by atoms with Crippen LogP contribution in [0.15, 0.2) is 18.2 Å². The average molecular weight is 437 g/mol. The minimum atomic E-state index is 0.470. The van der Waals surface area contributed by atoms with E-state index in [-0.39, 0.29) is 0 Å². The van der Waals surface area contributed by atoms with Crippen LogP contribution >= 0.6 is 11.6 Å². The summed E-state index contributed by atoms with van der Waals surface area (Å²) in [6, 6.07) is 5.36. The van der Waals surface area contributed by atoms with E-state index in [0.29, 0.717) is 16.5 Å². The molecule has 0 aliphatic heterocycles. The van der Waals surface area contributed by atoms with Gasteiger partial charge in [-0.2, -0.15) is 0 Å². The predicted octanol–water partition coefficient (Wildman–Crippen LogP) is 9.43. The summed E-state index contributed by atoms with van der Waals surface area (Å²) in [5.74, 6) is 1.38. The Bertz CT molecular complexity index is 544. The summed E-state index contributed by atoms with van der Waals surface area (Å²) in [7, 11) is 0. The van der Waals surface area contributed by atoms with Crippen LogP contribution in [0.4, 0.5) is 0 Å². The summed E-state index contributed by atoms with van der Waals surface area (Å²) in [6.07, 6.45) is 22.3. The van der Waals surface area contributed by atoms with Crippen LogP contribution in [0.3, 0.4) is 0 Å². The average Bonchev–Trinajstić information content (AvgIpc) is 2.75. The Morgan fingerprint density at radius 1 is 0.800 bits per heavy atom. The molecule has 1 aromatic carbocycles. The second kappa shape index (κ2) is 18.7. The Kier molecular flexibility index (Phi) is 16.9. The third kappa shape index (κ3) is 13.3. The van der Waals surface area contributed by atoms with Gasteiger partial charge in [-0.25, -0.2) is 0 Å². The van der Waals surface area contributed by atoms with E-state index in [1.54, 1.807) is 12.1 Å². The van der Waals surface area contributed by atoms with Gasteiger partial charge < -0.3 is 4.74 Å². The van der Waals surface area contributed by atoms with Gasteiger partial charge in [0.1, 0.15) is 5.75 Å². The van der Waals surface area contributed by atoms with Crippen LogP contribution in [0.25, 0.3) is 0 Å². The van der Waals surface area contributed by atoms with Crippen molar-refractivity contribution in [1.82, 2.24) is 0 Å². The van der Waals surface area contributed by atoms with Crippen LogP contribution in [-0.2, 0) is 0 Å². The van der Waals surface area contributed by atoms with Gasteiger partial charge in [-0.3, -0.25) is 4.79 Å². The number of hydrogen-bond donors (Lipinski definition) is 0. The van der Waals surface area contributed by atoms with Gasteiger partial charge in [0.05, 0.1) is 11.6 Å². The van der Waals surface area contributed by atoms with E-state index in [1.807, 2.05) is 6.07 Å². The Morgan fingerprint density at radius 2 is 1.30 bits per heavy atom. The Balaban J connectivity index is 2.35. The molecule has 0 N–H and O–H groups in total. The fraction of sp³-hybridized carbons (Fsp3) is 0.741. The molecule has 2 nitrogen and oxygen atoms in total. The van der Waals surface area contributed by atoms with E-state index < -0.39 is 0 Å². The smallest absolute Gasteiger partial charge is 0.151 e. The van der Waals surface area contributed by atoms with Crippen LogP contribution in [0.1, 0.15) is 127 Å². The summed E-state index contributed by atoms with van der Waals surface area (Å²) < 4.78 is 6.07. The highest BCUT2D eigenvalue weighted by atomic mass is 35.5. The second-order valence-electron chi connectivity index (χ2n) is 8.80. The van der Waals surface area contributed by atoms with Gasteiger partial charge in [0.15, 0.2) is 6.29 Å². The topological polar surface area (TPSA) is 26.3 Å². The van der Waals surface area contributed by atoms with Crippen molar-refractivity contribution in [2.45, 2.75) is 117 Å². The fourth-order valence-corrected chi connectivity index (χ4v) is 4.21. The zero-order chi connectivity index (χ0) is 21.9. The summed E-state index contributed by atoms with van der Waals surface area (Å²) >= 11 is 6.14. The Labute approximate surface area is 191 Å². The minimum Gasteiger partial charge on any atom is -0.493 e. The van der Waals surface area contributed by atoms with Crippen molar-refractivity contribution in [3.05, 3.63) is 28.8 Å². The molecule has 0 spiro atoms. The highest BCUT2D eigenvalue weighted by Gasteiger charge is 2.11. The molecule has 0 bridgehead atoms. The summed E-state index contributed by atoms with van der Waals surface area (Å²) in [6.45, 7) is 5.30. The molecule has 0 aromatic heterocycles. The molecule has 0 radical (unpaired) electrons. The van der Waals surface area contributed by atoms with Crippen molar-refractivity contribution in [3.8, 4) is 5.75 Å². The predicted molar refractivity (Wildman–Crippen MR) is 131 cm³/mol. The molecular weight excluding hydrogens is 392 g/mol.